The number of furan rings is 1. The molecule has 0 amide bonds. The molecule has 2 aliphatic heterocycles. The number of rotatable bonds is 0. The summed E-state index contributed by atoms with van der Waals surface area (Å²) in [6.45, 7) is 3.24. The van der Waals surface area contributed by atoms with E-state index in [4.69, 9.17) is 13.9 Å². The lowest BCUT2D eigenvalue weighted by Crippen LogP contribution is -2.06. The van der Waals surface area contributed by atoms with Gasteiger partial charge in [-0.05, 0) is 41.5 Å². The highest BCUT2D eigenvalue weighted by molar-refractivity contribution is 7.10. The molecule has 0 bridgehead atoms. The molecule has 2 aromatic heterocycles. The van der Waals surface area contributed by atoms with Crippen molar-refractivity contribution in [2.24, 2.45) is 0 Å². The zero-order valence-electron chi connectivity index (χ0n) is 10.2. The monoisotopic (exact) mass is 264 g/mol. The van der Waals surface area contributed by atoms with E-state index in [1.807, 2.05) is 6.07 Å². The largest absolute Gasteiger partial charge is 0.467 e. The van der Waals surface area contributed by atoms with Gasteiger partial charge in [-0.3, -0.25) is 0 Å². The van der Waals surface area contributed by atoms with Crippen molar-refractivity contribution in [3.05, 3.63) is 45.5 Å². The third-order valence-electron chi connectivity index (χ3n) is 3.17. The highest BCUT2D eigenvalue weighted by Gasteiger charge is 2.10. The first-order valence-electron chi connectivity index (χ1n) is 6.19. The van der Waals surface area contributed by atoms with Crippen LogP contribution in [0.4, 0.5) is 0 Å². The Morgan fingerprint density at radius 1 is 0.944 bits per heavy atom. The van der Waals surface area contributed by atoms with Gasteiger partial charge in [0, 0.05) is 4.88 Å². The lowest BCUT2D eigenvalue weighted by molar-refractivity contribution is 0.0940. The predicted molar refractivity (Wildman–Crippen MR) is 69.7 cm³/mol. The molecular weight excluding hydrogens is 248 g/mol. The van der Waals surface area contributed by atoms with Gasteiger partial charge in [0.25, 0.3) is 0 Å². The van der Waals surface area contributed by atoms with E-state index in [0.29, 0.717) is 6.61 Å². The molecule has 18 heavy (non-hydrogen) atoms. The number of hydrogen-bond donors (Lipinski definition) is 0. The zero-order valence-corrected chi connectivity index (χ0v) is 11.0. The summed E-state index contributed by atoms with van der Waals surface area (Å²) in [7, 11) is 0. The van der Waals surface area contributed by atoms with Crippen LogP contribution >= 0.6 is 11.3 Å². The second-order valence-corrected chi connectivity index (χ2v) is 5.34. The van der Waals surface area contributed by atoms with Crippen molar-refractivity contribution in [2.45, 2.75) is 26.1 Å². The second kappa shape index (κ2) is 5.69. The molecule has 4 heterocycles. The van der Waals surface area contributed by atoms with Gasteiger partial charge in [0.2, 0.25) is 0 Å². The van der Waals surface area contributed by atoms with Gasteiger partial charge in [0.05, 0.1) is 26.1 Å². The van der Waals surface area contributed by atoms with E-state index in [0.717, 1.165) is 38.4 Å². The van der Waals surface area contributed by atoms with Crippen molar-refractivity contribution < 1.29 is 13.9 Å². The first-order valence-corrected chi connectivity index (χ1v) is 7.07. The van der Waals surface area contributed by atoms with Crippen LogP contribution in [-0.4, -0.2) is 13.2 Å². The minimum Gasteiger partial charge on any atom is -0.467 e. The molecule has 96 valence electrons. The summed E-state index contributed by atoms with van der Waals surface area (Å²) in [5, 5.41) is 2.14. The van der Waals surface area contributed by atoms with Crippen molar-refractivity contribution in [1.82, 2.24) is 0 Å². The van der Waals surface area contributed by atoms with Crippen molar-refractivity contribution >= 4 is 11.3 Å². The fourth-order valence-corrected chi connectivity index (χ4v) is 3.00. The molecule has 0 N–H and O–H groups in total. The van der Waals surface area contributed by atoms with Crippen LogP contribution < -0.4 is 0 Å². The van der Waals surface area contributed by atoms with E-state index in [9.17, 15) is 0 Å². The van der Waals surface area contributed by atoms with Crippen molar-refractivity contribution in [1.29, 1.82) is 0 Å². The lowest BCUT2D eigenvalue weighted by atomic mass is 10.2. The van der Waals surface area contributed by atoms with Gasteiger partial charge in [-0.1, -0.05) is 0 Å². The molecule has 0 saturated carbocycles. The highest BCUT2D eigenvalue weighted by atomic mass is 32.1. The minimum atomic E-state index is 0.655. The van der Waals surface area contributed by atoms with Gasteiger partial charge in [0.15, 0.2) is 0 Å². The van der Waals surface area contributed by atoms with Gasteiger partial charge in [-0.2, -0.15) is 0 Å². The van der Waals surface area contributed by atoms with Gasteiger partial charge in [-0.25, -0.2) is 0 Å². The summed E-state index contributed by atoms with van der Waals surface area (Å²) in [5.74, 6) is 1.00. The quantitative estimate of drug-likeness (QED) is 0.732. The number of thiophene rings is 1. The highest BCUT2D eigenvalue weighted by Crippen LogP contribution is 2.21. The maximum Gasteiger partial charge on any atom is 0.132 e. The fourth-order valence-electron chi connectivity index (χ4n) is 2.13. The van der Waals surface area contributed by atoms with E-state index in [1.54, 1.807) is 17.6 Å². The molecule has 3 nitrogen and oxygen atoms in total. The zero-order chi connectivity index (χ0) is 12.2. The SMILES string of the molecule is c1cc2c(o1)COCC2.c1cc2c(s1)COCC2. The van der Waals surface area contributed by atoms with Crippen molar-refractivity contribution in [3.63, 3.8) is 0 Å². The average Bonchev–Trinajstić information content (AvgIpc) is 3.08. The molecule has 0 aromatic carbocycles. The first kappa shape index (κ1) is 12.0. The number of ether oxygens (including phenoxy) is 2. The Bertz CT molecular complexity index is 413. The summed E-state index contributed by atoms with van der Waals surface area (Å²) in [4.78, 5) is 1.42. The average molecular weight is 264 g/mol. The summed E-state index contributed by atoms with van der Waals surface area (Å²) in [6, 6.07) is 4.21. The number of fused-ring (bicyclic) bond motifs is 2. The van der Waals surface area contributed by atoms with Gasteiger partial charge >= 0.3 is 0 Å². The first-order chi connectivity index (χ1) is 8.93. The Balaban J connectivity index is 0.000000111. The fraction of sp³-hybridized carbons (Fsp3) is 0.429. The van der Waals surface area contributed by atoms with Gasteiger partial charge in [-0.15, -0.1) is 11.3 Å². The maximum atomic E-state index is 5.26. The Morgan fingerprint density at radius 2 is 1.78 bits per heavy atom. The molecule has 4 rings (SSSR count). The summed E-state index contributed by atoms with van der Waals surface area (Å²) in [6.07, 6.45) is 3.84. The third-order valence-corrected chi connectivity index (χ3v) is 4.11. The van der Waals surface area contributed by atoms with Crippen LogP contribution in [0.25, 0.3) is 0 Å². The Labute approximate surface area is 110 Å². The molecule has 0 aliphatic carbocycles. The van der Waals surface area contributed by atoms with Crippen LogP contribution in [0, 0.1) is 0 Å². The van der Waals surface area contributed by atoms with Crippen LogP contribution in [0.3, 0.4) is 0 Å². The molecule has 0 spiro atoms. The van der Waals surface area contributed by atoms with Crippen molar-refractivity contribution in [2.75, 3.05) is 13.2 Å². The normalized spacial score (nSPS) is 17.3. The van der Waals surface area contributed by atoms with Gasteiger partial charge in [0.1, 0.15) is 12.4 Å². The third kappa shape index (κ3) is 2.66. The molecular formula is C14H16O3S. The van der Waals surface area contributed by atoms with Crippen molar-refractivity contribution in [3.8, 4) is 0 Å². The van der Waals surface area contributed by atoms with Crippen LogP contribution in [0.5, 0.6) is 0 Å². The van der Waals surface area contributed by atoms with Gasteiger partial charge < -0.3 is 13.9 Å². The maximum absolute atomic E-state index is 5.26. The number of hydrogen-bond acceptors (Lipinski definition) is 4. The molecule has 0 fully saturated rings. The Hall–Kier alpha value is -1.10. The van der Waals surface area contributed by atoms with E-state index in [1.165, 1.54) is 16.0 Å². The van der Waals surface area contributed by atoms with Crippen LogP contribution in [0.1, 0.15) is 21.8 Å². The van der Waals surface area contributed by atoms with Crippen LogP contribution in [0.15, 0.2) is 28.2 Å². The van der Waals surface area contributed by atoms with E-state index in [-0.39, 0.29) is 0 Å². The molecule has 0 unspecified atom stereocenters. The van der Waals surface area contributed by atoms with E-state index < -0.39 is 0 Å². The topological polar surface area (TPSA) is 31.6 Å². The molecule has 4 heteroatoms. The van der Waals surface area contributed by atoms with E-state index >= 15 is 0 Å². The second-order valence-electron chi connectivity index (χ2n) is 4.34. The molecule has 0 radical (unpaired) electrons. The summed E-state index contributed by atoms with van der Waals surface area (Å²) < 4.78 is 15.6. The molecule has 0 saturated heterocycles. The molecule has 0 atom stereocenters. The lowest BCUT2D eigenvalue weighted by Gasteiger charge is -2.10. The smallest absolute Gasteiger partial charge is 0.132 e. The van der Waals surface area contributed by atoms with Crippen LogP contribution in [0.2, 0.25) is 0 Å². The standard InChI is InChI=1S/C7H8O2.C7H8OS/c2*1-3-8-5-7-6(1)2-4-9-7/h2*2,4H,1,3,5H2. The van der Waals surface area contributed by atoms with Crippen LogP contribution in [-0.2, 0) is 35.5 Å². The predicted octanol–water partition coefficient (Wildman–Crippen LogP) is 3.17. The molecule has 2 aromatic rings. The minimum absolute atomic E-state index is 0.655. The summed E-state index contributed by atoms with van der Waals surface area (Å²) in [5.41, 5.74) is 2.80. The molecule has 2 aliphatic rings. The van der Waals surface area contributed by atoms with E-state index in [2.05, 4.69) is 11.4 Å². The Morgan fingerprint density at radius 3 is 2.61 bits per heavy atom. The summed E-state index contributed by atoms with van der Waals surface area (Å²) >= 11 is 1.80. The Kier molecular flexibility index (Phi) is 3.78.